The van der Waals surface area contributed by atoms with Crippen molar-refractivity contribution >= 4 is 33.6 Å². The molecule has 1 aromatic rings. The summed E-state index contributed by atoms with van der Waals surface area (Å²) in [5, 5.41) is 3.15. The fourth-order valence-electron chi connectivity index (χ4n) is 4.45. The molecule has 2 aliphatic rings. The molecule has 0 unspecified atom stereocenters. The zero-order valence-electron chi connectivity index (χ0n) is 18.9. The van der Waals surface area contributed by atoms with Crippen LogP contribution in [0.4, 0.5) is 10.5 Å². The summed E-state index contributed by atoms with van der Waals surface area (Å²) in [6.07, 6.45) is 1.99. The molecular formula is C23H36BrN5O2. The second kappa shape index (κ2) is 11.7. The van der Waals surface area contributed by atoms with E-state index in [1.165, 1.54) is 5.69 Å². The molecule has 0 saturated carbocycles. The van der Waals surface area contributed by atoms with Gasteiger partial charge in [0.05, 0.1) is 6.54 Å². The van der Waals surface area contributed by atoms with Crippen molar-refractivity contribution in [2.24, 2.45) is 5.92 Å². The molecule has 1 atom stereocenters. The van der Waals surface area contributed by atoms with Gasteiger partial charge in [-0.25, -0.2) is 4.79 Å². The Balaban J connectivity index is 1.40. The fourth-order valence-corrected chi connectivity index (χ4v) is 4.84. The lowest BCUT2D eigenvalue weighted by molar-refractivity contribution is -0.132. The van der Waals surface area contributed by atoms with E-state index >= 15 is 0 Å². The number of benzene rings is 1. The molecule has 0 bridgehead atoms. The second-order valence-electron chi connectivity index (χ2n) is 8.45. The molecule has 2 fully saturated rings. The Kier molecular flexibility index (Phi) is 9.02. The third-order valence-electron chi connectivity index (χ3n) is 6.35. The first kappa shape index (κ1) is 23.9. The Morgan fingerprint density at radius 1 is 1.13 bits per heavy atom. The number of likely N-dealkylation sites (N-methyl/N-ethyl adjacent to an activating group) is 1. The molecule has 0 aromatic heterocycles. The lowest BCUT2D eigenvalue weighted by Crippen LogP contribution is -2.45. The maximum absolute atomic E-state index is 12.7. The molecule has 1 aromatic carbocycles. The molecule has 3 rings (SSSR count). The Labute approximate surface area is 194 Å². The lowest BCUT2D eigenvalue weighted by atomic mass is 10.1. The maximum atomic E-state index is 12.7. The minimum atomic E-state index is 0.0258. The van der Waals surface area contributed by atoms with Crippen molar-refractivity contribution in [2.75, 3.05) is 70.3 Å². The van der Waals surface area contributed by atoms with E-state index in [-0.39, 0.29) is 11.9 Å². The van der Waals surface area contributed by atoms with Gasteiger partial charge in [0.1, 0.15) is 0 Å². The van der Waals surface area contributed by atoms with Crippen molar-refractivity contribution < 1.29 is 9.59 Å². The van der Waals surface area contributed by atoms with Gasteiger partial charge in [-0.1, -0.05) is 22.0 Å². The highest BCUT2D eigenvalue weighted by atomic mass is 79.9. The summed E-state index contributed by atoms with van der Waals surface area (Å²) < 4.78 is 1.09. The first-order valence-electron chi connectivity index (χ1n) is 11.5. The molecule has 2 aliphatic heterocycles. The summed E-state index contributed by atoms with van der Waals surface area (Å²) in [7, 11) is 0. The first-order chi connectivity index (χ1) is 15.0. The van der Waals surface area contributed by atoms with Gasteiger partial charge in [0.2, 0.25) is 5.91 Å². The van der Waals surface area contributed by atoms with Crippen LogP contribution in [0.15, 0.2) is 28.7 Å². The molecule has 3 amide bonds. The molecule has 0 spiro atoms. The number of halogens is 1. The molecule has 0 radical (unpaired) electrons. The summed E-state index contributed by atoms with van der Waals surface area (Å²) in [5.41, 5.74) is 1.23. The molecule has 2 heterocycles. The summed E-state index contributed by atoms with van der Waals surface area (Å²) >= 11 is 3.54. The van der Waals surface area contributed by atoms with E-state index < -0.39 is 0 Å². The number of rotatable bonds is 7. The summed E-state index contributed by atoms with van der Waals surface area (Å²) in [6, 6.07) is 8.42. The molecule has 1 N–H and O–H groups in total. The second-order valence-corrected chi connectivity index (χ2v) is 9.37. The zero-order chi connectivity index (χ0) is 22.2. The Morgan fingerprint density at radius 2 is 1.94 bits per heavy atom. The predicted molar refractivity (Wildman–Crippen MR) is 128 cm³/mol. The van der Waals surface area contributed by atoms with E-state index in [1.807, 2.05) is 29.7 Å². The average Bonchev–Trinajstić information content (AvgIpc) is 3.12. The molecule has 2 saturated heterocycles. The quantitative estimate of drug-likeness (QED) is 0.634. The van der Waals surface area contributed by atoms with Crippen LogP contribution in [0.2, 0.25) is 0 Å². The molecule has 172 valence electrons. The highest BCUT2D eigenvalue weighted by Crippen LogP contribution is 2.26. The first-order valence-corrected chi connectivity index (χ1v) is 12.3. The van der Waals surface area contributed by atoms with Gasteiger partial charge in [-0.3, -0.25) is 9.69 Å². The van der Waals surface area contributed by atoms with Crippen LogP contribution in [0.1, 0.15) is 26.7 Å². The number of urea groups is 1. The van der Waals surface area contributed by atoms with Crippen LogP contribution in [0, 0.1) is 5.92 Å². The number of nitrogens with one attached hydrogen (secondary N) is 1. The predicted octanol–water partition coefficient (Wildman–Crippen LogP) is 2.86. The van der Waals surface area contributed by atoms with Gasteiger partial charge in [-0.15, -0.1) is 0 Å². The van der Waals surface area contributed by atoms with Crippen molar-refractivity contribution in [2.45, 2.75) is 26.7 Å². The van der Waals surface area contributed by atoms with E-state index in [0.29, 0.717) is 25.6 Å². The van der Waals surface area contributed by atoms with E-state index in [0.717, 1.165) is 63.1 Å². The van der Waals surface area contributed by atoms with E-state index in [9.17, 15) is 9.59 Å². The number of amides is 3. The number of anilines is 1. The smallest absolute Gasteiger partial charge is 0.317 e. The van der Waals surface area contributed by atoms with Crippen LogP contribution in [-0.2, 0) is 4.79 Å². The minimum Gasteiger partial charge on any atom is -0.371 e. The SMILES string of the molecule is CCN(CC)C(=O)CN1CCCN(C(=O)NC[C@@H]2CCN(c3cccc(Br)c3)C2)CC1. The Bertz CT molecular complexity index is 742. The van der Waals surface area contributed by atoms with Gasteiger partial charge in [-0.05, 0) is 50.8 Å². The largest absolute Gasteiger partial charge is 0.371 e. The molecule has 31 heavy (non-hydrogen) atoms. The number of carbonyl (C=O) groups is 2. The highest BCUT2D eigenvalue weighted by molar-refractivity contribution is 9.10. The van der Waals surface area contributed by atoms with E-state index in [4.69, 9.17) is 0 Å². The Hall–Kier alpha value is -1.80. The van der Waals surface area contributed by atoms with Crippen LogP contribution in [0.3, 0.4) is 0 Å². The van der Waals surface area contributed by atoms with Crippen LogP contribution >= 0.6 is 15.9 Å². The number of carbonyl (C=O) groups excluding carboxylic acids is 2. The lowest BCUT2D eigenvalue weighted by Gasteiger charge is -2.25. The van der Waals surface area contributed by atoms with Crippen molar-refractivity contribution in [3.8, 4) is 0 Å². The summed E-state index contributed by atoms with van der Waals surface area (Å²) in [5.74, 6) is 0.650. The van der Waals surface area contributed by atoms with Gasteiger partial charge in [0.15, 0.2) is 0 Å². The third kappa shape index (κ3) is 6.84. The monoisotopic (exact) mass is 493 g/mol. The average molecular weight is 494 g/mol. The van der Waals surface area contributed by atoms with Crippen molar-refractivity contribution in [3.63, 3.8) is 0 Å². The third-order valence-corrected chi connectivity index (χ3v) is 6.85. The highest BCUT2D eigenvalue weighted by Gasteiger charge is 2.25. The van der Waals surface area contributed by atoms with Crippen molar-refractivity contribution in [1.29, 1.82) is 0 Å². The van der Waals surface area contributed by atoms with Gasteiger partial charge < -0.3 is 20.0 Å². The Morgan fingerprint density at radius 3 is 2.68 bits per heavy atom. The van der Waals surface area contributed by atoms with Crippen LogP contribution in [0.5, 0.6) is 0 Å². The summed E-state index contributed by atoms with van der Waals surface area (Å²) in [4.78, 5) is 33.5. The minimum absolute atomic E-state index is 0.0258. The van der Waals surface area contributed by atoms with Gasteiger partial charge in [0, 0.05) is 69.1 Å². The number of nitrogens with zero attached hydrogens (tertiary/aromatic N) is 4. The van der Waals surface area contributed by atoms with Crippen molar-refractivity contribution in [1.82, 2.24) is 20.0 Å². The van der Waals surface area contributed by atoms with E-state index in [1.54, 1.807) is 0 Å². The van der Waals surface area contributed by atoms with E-state index in [2.05, 4.69) is 49.2 Å². The molecule has 8 heteroatoms. The van der Waals surface area contributed by atoms with Crippen LogP contribution < -0.4 is 10.2 Å². The summed E-state index contributed by atoms with van der Waals surface area (Å²) in [6.45, 7) is 11.7. The van der Waals surface area contributed by atoms with Gasteiger partial charge >= 0.3 is 6.03 Å². The normalized spacial score (nSPS) is 19.9. The van der Waals surface area contributed by atoms with Gasteiger partial charge in [0.25, 0.3) is 0 Å². The number of hydrogen-bond acceptors (Lipinski definition) is 4. The van der Waals surface area contributed by atoms with Crippen LogP contribution in [0.25, 0.3) is 0 Å². The number of hydrogen-bond donors (Lipinski definition) is 1. The topological polar surface area (TPSA) is 59.1 Å². The van der Waals surface area contributed by atoms with Crippen LogP contribution in [-0.4, -0.2) is 92.1 Å². The zero-order valence-corrected chi connectivity index (χ0v) is 20.4. The standard InChI is InChI=1S/C23H36BrN5O2/c1-3-27(4-2)22(30)18-26-10-6-11-28(14-13-26)23(31)25-16-19-9-12-29(17-19)21-8-5-7-20(24)15-21/h5,7-8,15,19H,3-4,6,9-14,16-18H2,1-2H3,(H,25,31)/t19-/m0/s1. The van der Waals surface area contributed by atoms with Crippen molar-refractivity contribution in [3.05, 3.63) is 28.7 Å². The maximum Gasteiger partial charge on any atom is 0.317 e. The molecule has 0 aliphatic carbocycles. The molecule has 7 nitrogen and oxygen atoms in total. The van der Waals surface area contributed by atoms with Gasteiger partial charge in [-0.2, -0.15) is 0 Å². The fraction of sp³-hybridized carbons (Fsp3) is 0.652. The molecular weight excluding hydrogens is 458 g/mol.